The second-order valence-electron chi connectivity index (χ2n) is 13.4. The van der Waals surface area contributed by atoms with Gasteiger partial charge in [-0.15, -0.1) is 0 Å². The largest absolute Gasteiger partial charge is 0.328 e. The van der Waals surface area contributed by atoms with E-state index in [1.165, 1.54) is 22.3 Å². The van der Waals surface area contributed by atoms with Gasteiger partial charge in [-0.2, -0.15) is 0 Å². The molecule has 0 aliphatic rings. The van der Waals surface area contributed by atoms with E-state index in [4.69, 9.17) is 15.0 Å². The van der Waals surface area contributed by atoms with Crippen LogP contribution in [0.25, 0.3) is 89.7 Å². The van der Waals surface area contributed by atoms with Crippen molar-refractivity contribution in [2.24, 2.45) is 14.1 Å². The number of nitrogens with zero attached hydrogens (tertiary/aromatic N) is 5. The lowest BCUT2D eigenvalue weighted by Crippen LogP contribution is -2.19. The molecule has 6 nitrogen and oxygen atoms in total. The first-order valence-electron chi connectivity index (χ1n) is 17.9. The average Bonchev–Trinajstić information content (AvgIpc) is 3.47. The van der Waals surface area contributed by atoms with Gasteiger partial charge in [0.15, 0.2) is 17.5 Å². The van der Waals surface area contributed by atoms with Crippen molar-refractivity contribution in [1.29, 1.82) is 0 Å². The number of rotatable bonds is 7. The number of hydrogen-bond acceptors (Lipinski definition) is 4. The number of hydrogen-bond donors (Lipinski definition) is 0. The van der Waals surface area contributed by atoms with Gasteiger partial charge in [0, 0.05) is 30.8 Å². The van der Waals surface area contributed by atoms with Crippen LogP contribution in [-0.2, 0) is 14.1 Å². The topological polar surface area (TPSA) is 65.6 Å². The molecule has 258 valence electrons. The van der Waals surface area contributed by atoms with Crippen LogP contribution in [0, 0.1) is 0 Å². The SMILES string of the molecule is Cn1c(=O)n(C)c2cc(-c3ccc(-c4nc(-c5ccccc5)nc(-c5ccc(-c6ccc(-c7ccccc7)cc6-c6ccccc6)cc5)n4)cc3)ccc21. The summed E-state index contributed by atoms with van der Waals surface area (Å²) in [7, 11) is 3.60. The van der Waals surface area contributed by atoms with Crippen molar-refractivity contribution >= 4 is 11.0 Å². The minimum Gasteiger partial charge on any atom is -0.295 e. The molecule has 0 bridgehead atoms. The number of aromatic nitrogens is 5. The summed E-state index contributed by atoms with van der Waals surface area (Å²) in [6.07, 6.45) is 0. The molecule has 7 aromatic carbocycles. The van der Waals surface area contributed by atoms with Crippen LogP contribution in [0.5, 0.6) is 0 Å². The zero-order valence-corrected chi connectivity index (χ0v) is 29.9. The zero-order valence-electron chi connectivity index (χ0n) is 29.9. The first-order valence-corrected chi connectivity index (χ1v) is 17.9. The van der Waals surface area contributed by atoms with Crippen LogP contribution < -0.4 is 5.69 Å². The van der Waals surface area contributed by atoms with Gasteiger partial charge in [0.25, 0.3) is 0 Å². The quantitative estimate of drug-likeness (QED) is 0.166. The summed E-state index contributed by atoms with van der Waals surface area (Å²) in [5.41, 5.74) is 13.5. The molecule has 0 spiro atoms. The van der Waals surface area contributed by atoms with Gasteiger partial charge in [-0.05, 0) is 62.7 Å². The smallest absolute Gasteiger partial charge is 0.295 e. The first kappa shape index (κ1) is 32.7. The molecule has 2 heterocycles. The summed E-state index contributed by atoms with van der Waals surface area (Å²) in [4.78, 5) is 27.4. The van der Waals surface area contributed by atoms with Crippen molar-refractivity contribution < 1.29 is 0 Å². The van der Waals surface area contributed by atoms with Crippen LogP contribution in [0.2, 0.25) is 0 Å². The van der Waals surface area contributed by atoms with Gasteiger partial charge in [0.1, 0.15) is 0 Å². The van der Waals surface area contributed by atoms with E-state index in [1.54, 1.807) is 23.2 Å². The van der Waals surface area contributed by atoms with Gasteiger partial charge in [-0.25, -0.2) is 19.7 Å². The third-order valence-electron chi connectivity index (χ3n) is 10.1. The van der Waals surface area contributed by atoms with E-state index in [2.05, 4.69) is 121 Å². The molecule has 0 saturated carbocycles. The molecule has 0 fully saturated rings. The fourth-order valence-electron chi connectivity index (χ4n) is 7.11. The summed E-state index contributed by atoms with van der Waals surface area (Å²) in [6.45, 7) is 0. The Morgan fingerprint density at radius 3 is 1.28 bits per heavy atom. The highest BCUT2D eigenvalue weighted by atomic mass is 16.1. The molecule has 0 N–H and O–H groups in total. The maximum atomic E-state index is 12.5. The van der Waals surface area contributed by atoms with Gasteiger partial charge >= 0.3 is 5.69 Å². The molecule has 0 amide bonds. The highest BCUT2D eigenvalue weighted by Crippen LogP contribution is 2.37. The van der Waals surface area contributed by atoms with E-state index >= 15 is 0 Å². The Labute approximate surface area is 313 Å². The second kappa shape index (κ2) is 13.7. The first-order chi connectivity index (χ1) is 26.5. The normalized spacial score (nSPS) is 11.2. The maximum Gasteiger partial charge on any atom is 0.328 e. The van der Waals surface area contributed by atoms with Crippen LogP contribution in [0.4, 0.5) is 0 Å². The Morgan fingerprint density at radius 1 is 0.333 bits per heavy atom. The molecule has 0 radical (unpaired) electrons. The summed E-state index contributed by atoms with van der Waals surface area (Å²) < 4.78 is 3.35. The third kappa shape index (κ3) is 6.10. The summed E-state index contributed by atoms with van der Waals surface area (Å²) in [5.74, 6) is 1.81. The third-order valence-corrected chi connectivity index (χ3v) is 10.1. The minimum absolute atomic E-state index is 0.0403. The van der Waals surface area contributed by atoms with Crippen molar-refractivity contribution in [3.63, 3.8) is 0 Å². The van der Waals surface area contributed by atoms with E-state index in [0.29, 0.717) is 17.5 Å². The molecule has 0 aliphatic heterocycles. The highest BCUT2D eigenvalue weighted by Gasteiger charge is 2.15. The molecule has 0 unspecified atom stereocenters. The molecular formula is C48H35N5O. The lowest BCUT2D eigenvalue weighted by Gasteiger charge is -2.14. The van der Waals surface area contributed by atoms with E-state index in [-0.39, 0.29) is 5.69 Å². The molecule has 6 heteroatoms. The maximum absolute atomic E-state index is 12.5. The molecule has 9 aromatic rings. The van der Waals surface area contributed by atoms with Crippen molar-refractivity contribution in [2.75, 3.05) is 0 Å². The molecule has 0 aliphatic carbocycles. The van der Waals surface area contributed by atoms with Gasteiger partial charge in [-0.3, -0.25) is 9.13 Å². The van der Waals surface area contributed by atoms with Gasteiger partial charge < -0.3 is 0 Å². The van der Waals surface area contributed by atoms with Crippen molar-refractivity contribution in [3.8, 4) is 78.7 Å². The summed E-state index contributed by atoms with van der Waals surface area (Å²) >= 11 is 0. The Bertz CT molecular complexity index is 2820. The number of fused-ring (bicyclic) bond motifs is 1. The molecule has 0 saturated heterocycles. The van der Waals surface area contributed by atoms with E-state index in [1.807, 2.05) is 54.6 Å². The molecule has 54 heavy (non-hydrogen) atoms. The lowest BCUT2D eigenvalue weighted by atomic mass is 9.91. The number of imidazole rings is 1. The van der Waals surface area contributed by atoms with Crippen LogP contribution in [-0.4, -0.2) is 24.1 Å². The number of aryl methyl sites for hydroxylation is 2. The zero-order chi connectivity index (χ0) is 36.6. The van der Waals surface area contributed by atoms with Gasteiger partial charge in [-0.1, -0.05) is 158 Å². The molecule has 9 rings (SSSR count). The molecule has 0 atom stereocenters. The van der Waals surface area contributed by atoms with Crippen molar-refractivity contribution in [3.05, 3.63) is 186 Å². The predicted octanol–water partition coefficient (Wildman–Crippen LogP) is 10.7. The number of benzene rings is 7. The fraction of sp³-hybridized carbons (Fsp3) is 0.0417. The van der Waals surface area contributed by atoms with E-state index < -0.39 is 0 Å². The van der Waals surface area contributed by atoms with Crippen molar-refractivity contribution in [2.45, 2.75) is 0 Å². The second-order valence-corrected chi connectivity index (χ2v) is 13.4. The van der Waals surface area contributed by atoms with Crippen LogP contribution in [0.15, 0.2) is 181 Å². The van der Waals surface area contributed by atoms with E-state index in [0.717, 1.165) is 50.0 Å². The van der Waals surface area contributed by atoms with Crippen LogP contribution >= 0.6 is 0 Å². The predicted molar refractivity (Wildman–Crippen MR) is 220 cm³/mol. The average molecular weight is 698 g/mol. The van der Waals surface area contributed by atoms with Crippen LogP contribution in [0.1, 0.15) is 0 Å². The Kier molecular flexibility index (Phi) is 8.33. The lowest BCUT2D eigenvalue weighted by molar-refractivity contribution is 0.795. The molecule has 2 aromatic heterocycles. The monoisotopic (exact) mass is 697 g/mol. The van der Waals surface area contributed by atoms with Crippen molar-refractivity contribution in [1.82, 2.24) is 24.1 Å². The molecular weight excluding hydrogens is 663 g/mol. The van der Waals surface area contributed by atoms with E-state index in [9.17, 15) is 4.79 Å². The standard InChI is InChI=1S/C48H35N5O/c1-52-43-29-27-40(31-44(43)53(2)48(52)54)33-18-22-37(23-19-33)46-49-45(36-16-10-5-11-17-36)50-47(51-46)38-24-20-35(21-25-38)41-28-26-39(32-12-6-3-7-13-32)30-42(41)34-14-8-4-9-15-34/h3-31H,1-2H3. The van der Waals surface area contributed by atoms with Gasteiger partial charge in [0.05, 0.1) is 11.0 Å². The van der Waals surface area contributed by atoms with Gasteiger partial charge in [0.2, 0.25) is 0 Å². The minimum atomic E-state index is -0.0403. The van der Waals surface area contributed by atoms with Crippen LogP contribution in [0.3, 0.4) is 0 Å². The Hall–Kier alpha value is -7.18. The highest BCUT2D eigenvalue weighted by molar-refractivity contribution is 5.88. The Morgan fingerprint density at radius 2 is 0.704 bits per heavy atom. The summed E-state index contributed by atoms with van der Waals surface area (Å²) in [6, 6.07) is 60.6. The fourth-order valence-corrected chi connectivity index (χ4v) is 7.11. The Balaban J connectivity index is 1.09. The summed E-state index contributed by atoms with van der Waals surface area (Å²) in [5, 5.41) is 0.